The summed E-state index contributed by atoms with van der Waals surface area (Å²) in [5, 5.41) is 17.7. The van der Waals surface area contributed by atoms with Gasteiger partial charge in [-0.25, -0.2) is 4.68 Å². The molecule has 0 amide bonds. The first-order valence-electron chi connectivity index (χ1n) is 7.57. The van der Waals surface area contributed by atoms with Gasteiger partial charge in [0.1, 0.15) is 23.9 Å². The summed E-state index contributed by atoms with van der Waals surface area (Å²) in [6, 6.07) is 14.9. The van der Waals surface area contributed by atoms with Gasteiger partial charge in [-0.2, -0.15) is 10.1 Å². The van der Waals surface area contributed by atoms with E-state index in [1.54, 1.807) is 19.2 Å². The lowest BCUT2D eigenvalue weighted by molar-refractivity contribution is 0.414. The molecule has 1 aliphatic heterocycles. The number of methoxy groups -OCH3 is 1. The zero-order valence-electron chi connectivity index (χ0n) is 13.0. The van der Waals surface area contributed by atoms with Crippen molar-refractivity contribution < 1.29 is 9.84 Å². The molecule has 1 atom stereocenters. The first kappa shape index (κ1) is 14.3. The second-order valence-electron chi connectivity index (χ2n) is 5.47. The second-order valence-corrected chi connectivity index (χ2v) is 5.47. The highest BCUT2D eigenvalue weighted by atomic mass is 16.5. The van der Waals surface area contributed by atoms with E-state index in [4.69, 9.17) is 4.74 Å². The highest BCUT2D eigenvalue weighted by Gasteiger charge is 2.24. The van der Waals surface area contributed by atoms with Crippen molar-refractivity contribution in [3.8, 4) is 11.5 Å². The highest BCUT2D eigenvalue weighted by molar-refractivity contribution is 5.79. The summed E-state index contributed by atoms with van der Waals surface area (Å²) in [5.41, 5.74) is 2.58. The number of phenolic OH excluding ortho intramolecular Hbond substituents is 1. The van der Waals surface area contributed by atoms with Gasteiger partial charge in [0, 0.05) is 5.56 Å². The van der Waals surface area contributed by atoms with E-state index in [-0.39, 0.29) is 11.8 Å². The Hall–Kier alpha value is -3.28. The van der Waals surface area contributed by atoms with E-state index in [1.807, 2.05) is 47.2 Å². The highest BCUT2D eigenvalue weighted by Crippen LogP contribution is 2.34. The third kappa shape index (κ3) is 2.38. The summed E-state index contributed by atoms with van der Waals surface area (Å²) in [7, 11) is 1.64. The number of anilines is 1. The SMILES string of the molecule is COc1ccc(C2C=C(c3ccccc3O)Nc3ncnn32)cc1. The zero-order chi connectivity index (χ0) is 16.5. The number of aromatic nitrogens is 3. The molecule has 0 spiro atoms. The van der Waals surface area contributed by atoms with Crippen LogP contribution in [0.25, 0.3) is 5.70 Å². The maximum atomic E-state index is 10.1. The molecule has 24 heavy (non-hydrogen) atoms. The molecule has 0 saturated carbocycles. The normalized spacial score (nSPS) is 16.0. The van der Waals surface area contributed by atoms with Crippen molar-refractivity contribution in [3.63, 3.8) is 0 Å². The molecule has 0 bridgehead atoms. The van der Waals surface area contributed by atoms with E-state index in [9.17, 15) is 5.11 Å². The van der Waals surface area contributed by atoms with Crippen LogP contribution in [0.2, 0.25) is 0 Å². The molecule has 0 aliphatic carbocycles. The maximum absolute atomic E-state index is 10.1. The molecule has 3 aromatic rings. The number of allylic oxidation sites excluding steroid dienone is 1. The van der Waals surface area contributed by atoms with E-state index in [2.05, 4.69) is 15.4 Å². The second kappa shape index (κ2) is 5.73. The largest absolute Gasteiger partial charge is 0.507 e. The van der Waals surface area contributed by atoms with Crippen molar-refractivity contribution in [3.05, 3.63) is 72.1 Å². The minimum absolute atomic E-state index is 0.121. The first-order chi connectivity index (χ1) is 11.8. The van der Waals surface area contributed by atoms with Gasteiger partial charge < -0.3 is 15.2 Å². The van der Waals surface area contributed by atoms with Crippen LogP contribution < -0.4 is 10.1 Å². The third-order valence-electron chi connectivity index (χ3n) is 4.06. The van der Waals surface area contributed by atoms with Crippen LogP contribution in [-0.4, -0.2) is 27.0 Å². The lowest BCUT2D eigenvalue weighted by Gasteiger charge is -2.24. The summed E-state index contributed by atoms with van der Waals surface area (Å²) < 4.78 is 7.03. The van der Waals surface area contributed by atoms with Gasteiger partial charge in [0.2, 0.25) is 5.95 Å². The molecule has 0 fully saturated rings. The molecule has 1 aliphatic rings. The van der Waals surface area contributed by atoms with Crippen LogP contribution in [0.15, 0.2) is 60.9 Å². The summed E-state index contributed by atoms with van der Waals surface area (Å²) >= 11 is 0. The monoisotopic (exact) mass is 320 g/mol. The molecule has 120 valence electrons. The molecule has 2 heterocycles. The Morgan fingerprint density at radius 2 is 1.92 bits per heavy atom. The summed E-state index contributed by atoms with van der Waals surface area (Å²) in [6.45, 7) is 0. The van der Waals surface area contributed by atoms with Crippen LogP contribution >= 0.6 is 0 Å². The lowest BCUT2D eigenvalue weighted by Crippen LogP contribution is -2.20. The minimum Gasteiger partial charge on any atom is -0.507 e. The van der Waals surface area contributed by atoms with Gasteiger partial charge >= 0.3 is 0 Å². The van der Waals surface area contributed by atoms with Crippen molar-refractivity contribution in [1.29, 1.82) is 0 Å². The van der Waals surface area contributed by atoms with Gasteiger partial charge in [0.05, 0.1) is 12.8 Å². The molecule has 0 radical (unpaired) electrons. The van der Waals surface area contributed by atoms with E-state index in [0.29, 0.717) is 5.95 Å². The number of nitrogens with one attached hydrogen (secondary N) is 1. The number of benzene rings is 2. The average molecular weight is 320 g/mol. The van der Waals surface area contributed by atoms with Gasteiger partial charge in [-0.15, -0.1) is 0 Å². The molecule has 0 saturated heterocycles. The third-order valence-corrected chi connectivity index (χ3v) is 4.06. The Labute approximate surface area is 139 Å². The van der Waals surface area contributed by atoms with E-state index in [0.717, 1.165) is 22.6 Å². The Kier molecular flexibility index (Phi) is 3.42. The number of nitrogens with zero attached hydrogens (tertiary/aromatic N) is 3. The quantitative estimate of drug-likeness (QED) is 0.776. The van der Waals surface area contributed by atoms with Gasteiger partial charge in [-0.1, -0.05) is 24.3 Å². The molecule has 2 N–H and O–H groups in total. The zero-order valence-corrected chi connectivity index (χ0v) is 13.0. The molecular formula is C18H16N4O2. The number of para-hydroxylation sites is 1. The van der Waals surface area contributed by atoms with E-state index in [1.165, 1.54) is 6.33 Å². The molecule has 4 rings (SSSR count). The first-order valence-corrected chi connectivity index (χ1v) is 7.57. The van der Waals surface area contributed by atoms with Gasteiger partial charge in [-0.05, 0) is 35.9 Å². The van der Waals surface area contributed by atoms with Crippen molar-refractivity contribution >= 4 is 11.6 Å². The molecular weight excluding hydrogens is 304 g/mol. The van der Waals surface area contributed by atoms with Crippen LogP contribution in [-0.2, 0) is 0 Å². The summed E-state index contributed by atoms with van der Waals surface area (Å²) in [6.07, 6.45) is 3.54. The topological polar surface area (TPSA) is 72.2 Å². The number of ether oxygens (including phenoxy) is 1. The van der Waals surface area contributed by atoms with Crippen molar-refractivity contribution in [2.24, 2.45) is 0 Å². The van der Waals surface area contributed by atoms with Crippen LogP contribution in [0.5, 0.6) is 11.5 Å². The van der Waals surface area contributed by atoms with Crippen LogP contribution in [0.3, 0.4) is 0 Å². The Bertz CT molecular complexity index is 899. The Morgan fingerprint density at radius 1 is 1.12 bits per heavy atom. The molecule has 1 unspecified atom stereocenters. The van der Waals surface area contributed by atoms with Crippen molar-refractivity contribution in [1.82, 2.24) is 14.8 Å². The fourth-order valence-corrected chi connectivity index (χ4v) is 2.83. The van der Waals surface area contributed by atoms with Crippen LogP contribution in [0.4, 0.5) is 5.95 Å². The number of rotatable bonds is 3. The fourth-order valence-electron chi connectivity index (χ4n) is 2.83. The van der Waals surface area contributed by atoms with Gasteiger partial charge in [0.15, 0.2) is 0 Å². The predicted octanol–water partition coefficient (Wildman–Crippen LogP) is 3.05. The van der Waals surface area contributed by atoms with Gasteiger partial charge in [0.25, 0.3) is 0 Å². The predicted molar refractivity (Wildman–Crippen MR) is 90.9 cm³/mol. The number of fused-ring (bicyclic) bond motifs is 1. The van der Waals surface area contributed by atoms with Crippen molar-refractivity contribution in [2.45, 2.75) is 6.04 Å². The molecule has 1 aromatic heterocycles. The number of aromatic hydroxyl groups is 1. The average Bonchev–Trinajstić information content (AvgIpc) is 3.10. The Morgan fingerprint density at radius 3 is 2.67 bits per heavy atom. The smallest absolute Gasteiger partial charge is 0.226 e. The van der Waals surface area contributed by atoms with Crippen molar-refractivity contribution in [2.75, 3.05) is 12.4 Å². The lowest BCUT2D eigenvalue weighted by atomic mass is 10.0. The van der Waals surface area contributed by atoms with Gasteiger partial charge in [-0.3, -0.25) is 0 Å². The minimum atomic E-state index is -0.121. The molecule has 6 nitrogen and oxygen atoms in total. The van der Waals surface area contributed by atoms with Crippen LogP contribution in [0.1, 0.15) is 17.2 Å². The number of hydrogen-bond donors (Lipinski definition) is 2. The fraction of sp³-hybridized carbons (Fsp3) is 0.111. The standard InChI is InChI=1S/C18H16N4O2/c1-24-13-8-6-12(7-9-13)16-10-15(14-4-2-3-5-17(14)23)21-18-19-11-20-22(16)18/h2-11,16,23H,1H3,(H,19,20,21). The number of phenols is 1. The van der Waals surface area contributed by atoms with E-state index >= 15 is 0 Å². The summed E-state index contributed by atoms with van der Waals surface area (Å²) in [4.78, 5) is 4.27. The van der Waals surface area contributed by atoms with Crippen LogP contribution in [0, 0.1) is 0 Å². The molecule has 2 aromatic carbocycles. The summed E-state index contributed by atoms with van der Waals surface area (Å²) in [5.74, 6) is 1.66. The van der Waals surface area contributed by atoms with E-state index < -0.39 is 0 Å². The molecule has 6 heteroatoms. The number of hydrogen-bond acceptors (Lipinski definition) is 5. The Balaban J connectivity index is 1.80. The maximum Gasteiger partial charge on any atom is 0.226 e.